The molecule has 0 aromatic heterocycles. The molecule has 0 aliphatic heterocycles. The second-order valence-corrected chi connectivity index (χ2v) is 6.50. The largest absolute Gasteiger partial charge is 0.391 e. The molecule has 1 aromatic carbocycles. The van der Waals surface area contributed by atoms with E-state index in [-0.39, 0.29) is 18.4 Å². The van der Waals surface area contributed by atoms with E-state index < -0.39 is 6.10 Å². The van der Waals surface area contributed by atoms with Gasteiger partial charge in [-0.25, -0.2) is 0 Å². The average Bonchev–Trinajstić information content (AvgIpc) is 2.28. The minimum absolute atomic E-state index is 0. The summed E-state index contributed by atoms with van der Waals surface area (Å²) < 4.78 is 1.92. The van der Waals surface area contributed by atoms with Gasteiger partial charge < -0.3 is 10.8 Å². The van der Waals surface area contributed by atoms with E-state index >= 15 is 0 Å². The highest BCUT2D eigenvalue weighted by Gasteiger charge is 2.19. The Bertz CT molecular complexity index is 374. The first-order valence-corrected chi connectivity index (χ1v) is 7.39. The van der Waals surface area contributed by atoms with E-state index in [4.69, 9.17) is 5.73 Å². The van der Waals surface area contributed by atoms with Crippen LogP contribution in [0.4, 0.5) is 0 Å². The SMILES string of the molecule is CC(C)CC[C@@H](O)[C@@H](N)c1cc(Br)ccc1Br.Cl. The summed E-state index contributed by atoms with van der Waals surface area (Å²) in [4.78, 5) is 0. The Kier molecular flexibility index (Phi) is 8.72. The number of nitrogens with two attached hydrogens (primary N) is 1. The number of aliphatic hydroxyl groups excluding tert-OH is 1. The van der Waals surface area contributed by atoms with E-state index in [1.54, 1.807) is 0 Å². The molecule has 0 unspecified atom stereocenters. The topological polar surface area (TPSA) is 46.2 Å². The molecule has 18 heavy (non-hydrogen) atoms. The fourth-order valence-electron chi connectivity index (χ4n) is 1.66. The molecule has 5 heteroatoms. The normalized spacial score (nSPS) is 14.2. The van der Waals surface area contributed by atoms with Crippen LogP contribution in [0.2, 0.25) is 0 Å². The summed E-state index contributed by atoms with van der Waals surface area (Å²) in [7, 11) is 0. The van der Waals surface area contributed by atoms with Crippen molar-refractivity contribution in [2.24, 2.45) is 11.7 Å². The maximum Gasteiger partial charge on any atom is 0.0733 e. The van der Waals surface area contributed by atoms with Gasteiger partial charge in [0.05, 0.1) is 12.1 Å². The number of rotatable bonds is 5. The highest BCUT2D eigenvalue weighted by molar-refractivity contribution is 9.11. The second kappa shape index (κ2) is 8.54. The Morgan fingerprint density at radius 2 is 1.83 bits per heavy atom. The lowest BCUT2D eigenvalue weighted by Crippen LogP contribution is -2.26. The van der Waals surface area contributed by atoms with Crippen LogP contribution in [0.25, 0.3) is 0 Å². The van der Waals surface area contributed by atoms with Crippen LogP contribution in [0.15, 0.2) is 27.1 Å². The molecule has 0 fully saturated rings. The van der Waals surface area contributed by atoms with Crippen molar-refractivity contribution >= 4 is 44.3 Å². The molecule has 0 amide bonds. The van der Waals surface area contributed by atoms with E-state index in [1.165, 1.54) is 0 Å². The Morgan fingerprint density at radius 3 is 2.39 bits per heavy atom. The number of hydrogen-bond acceptors (Lipinski definition) is 2. The van der Waals surface area contributed by atoms with Gasteiger partial charge in [0.1, 0.15) is 0 Å². The summed E-state index contributed by atoms with van der Waals surface area (Å²) in [6.07, 6.45) is 1.22. The molecule has 2 nitrogen and oxygen atoms in total. The number of halogens is 3. The number of benzene rings is 1. The van der Waals surface area contributed by atoms with Crippen molar-refractivity contribution in [1.29, 1.82) is 0 Å². The zero-order valence-electron chi connectivity index (χ0n) is 10.6. The van der Waals surface area contributed by atoms with Crippen molar-refractivity contribution in [3.05, 3.63) is 32.7 Å². The third kappa shape index (κ3) is 5.57. The van der Waals surface area contributed by atoms with Crippen LogP contribution in [-0.4, -0.2) is 11.2 Å². The molecule has 0 heterocycles. The molecular weight excluding hydrogens is 381 g/mol. The molecule has 0 bridgehead atoms. The highest BCUT2D eigenvalue weighted by Crippen LogP contribution is 2.29. The van der Waals surface area contributed by atoms with Gasteiger partial charge in [0, 0.05) is 8.95 Å². The van der Waals surface area contributed by atoms with Crippen molar-refractivity contribution in [2.45, 2.75) is 38.8 Å². The first-order chi connectivity index (χ1) is 7.91. The van der Waals surface area contributed by atoms with Crippen molar-refractivity contribution < 1.29 is 5.11 Å². The second-order valence-electron chi connectivity index (χ2n) is 4.73. The molecule has 104 valence electrons. The van der Waals surface area contributed by atoms with Gasteiger partial charge in [-0.3, -0.25) is 0 Å². The molecule has 0 radical (unpaired) electrons. The van der Waals surface area contributed by atoms with Crippen molar-refractivity contribution in [1.82, 2.24) is 0 Å². The van der Waals surface area contributed by atoms with E-state index in [2.05, 4.69) is 45.7 Å². The highest BCUT2D eigenvalue weighted by atomic mass is 79.9. The third-order valence-electron chi connectivity index (χ3n) is 2.77. The van der Waals surface area contributed by atoms with Gasteiger partial charge in [-0.2, -0.15) is 0 Å². The van der Waals surface area contributed by atoms with Gasteiger partial charge in [-0.1, -0.05) is 45.7 Å². The molecule has 2 atom stereocenters. The van der Waals surface area contributed by atoms with E-state index in [0.29, 0.717) is 5.92 Å². The molecule has 1 rings (SSSR count). The van der Waals surface area contributed by atoms with Crippen LogP contribution in [-0.2, 0) is 0 Å². The van der Waals surface area contributed by atoms with Gasteiger partial charge >= 0.3 is 0 Å². The maximum absolute atomic E-state index is 10.1. The molecule has 0 spiro atoms. The van der Waals surface area contributed by atoms with Crippen LogP contribution >= 0.6 is 44.3 Å². The van der Waals surface area contributed by atoms with Crippen molar-refractivity contribution in [3.8, 4) is 0 Å². The van der Waals surface area contributed by atoms with Gasteiger partial charge in [-0.15, -0.1) is 12.4 Å². The fourth-order valence-corrected chi connectivity index (χ4v) is 2.55. The van der Waals surface area contributed by atoms with E-state index in [1.807, 2.05) is 18.2 Å². The van der Waals surface area contributed by atoms with Crippen LogP contribution in [0.3, 0.4) is 0 Å². The lowest BCUT2D eigenvalue weighted by molar-refractivity contribution is 0.128. The summed E-state index contributed by atoms with van der Waals surface area (Å²) in [5.74, 6) is 0.586. The van der Waals surface area contributed by atoms with Crippen LogP contribution in [0.5, 0.6) is 0 Å². The molecule has 3 N–H and O–H groups in total. The maximum atomic E-state index is 10.1. The molecule has 0 saturated carbocycles. The monoisotopic (exact) mass is 399 g/mol. The smallest absolute Gasteiger partial charge is 0.0733 e. The van der Waals surface area contributed by atoms with E-state index in [0.717, 1.165) is 27.4 Å². The van der Waals surface area contributed by atoms with Crippen LogP contribution < -0.4 is 5.73 Å². The minimum Gasteiger partial charge on any atom is -0.391 e. The molecule has 0 aliphatic carbocycles. The summed E-state index contributed by atoms with van der Waals surface area (Å²) in [6.45, 7) is 4.29. The molecular formula is C13H20Br2ClNO. The van der Waals surface area contributed by atoms with Gasteiger partial charge in [-0.05, 0) is 42.5 Å². The van der Waals surface area contributed by atoms with E-state index in [9.17, 15) is 5.11 Å². The summed E-state index contributed by atoms with van der Waals surface area (Å²) >= 11 is 6.89. The van der Waals surface area contributed by atoms with Crippen LogP contribution in [0.1, 0.15) is 38.3 Å². The zero-order valence-corrected chi connectivity index (χ0v) is 14.6. The Balaban J connectivity index is 0.00000289. The van der Waals surface area contributed by atoms with Crippen molar-refractivity contribution in [2.75, 3.05) is 0 Å². The average molecular weight is 402 g/mol. The van der Waals surface area contributed by atoms with Crippen LogP contribution in [0, 0.1) is 5.92 Å². The first-order valence-electron chi connectivity index (χ1n) is 5.80. The van der Waals surface area contributed by atoms with Gasteiger partial charge in [0.25, 0.3) is 0 Å². The minimum atomic E-state index is -0.497. The molecule has 0 saturated heterocycles. The Hall–Kier alpha value is 0.390. The molecule has 0 aliphatic rings. The first kappa shape index (κ1) is 18.4. The summed E-state index contributed by atoms with van der Waals surface area (Å²) in [5, 5.41) is 10.1. The van der Waals surface area contributed by atoms with Gasteiger partial charge in [0.15, 0.2) is 0 Å². The summed E-state index contributed by atoms with van der Waals surface area (Å²) in [5.41, 5.74) is 7.03. The lowest BCUT2D eigenvalue weighted by atomic mass is 9.96. The molecule has 1 aromatic rings. The lowest BCUT2D eigenvalue weighted by Gasteiger charge is -2.21. The standard InChI is InChI=1S/C13H19Br2NO.ClH/c1-8(2)3-6-12(17)13(16)10-7-9(14)4-5-11(10)15;/h4-5,7-8,12-13,17H,3,6,16H2,1-2H3;1H/t12-,13+;/m1./s1. The predicted octanol–water partition coefficient (Wildman–Crippen LogP) is 4.43. The quantitative estimate of drug-likeness (QED) is 0.767. The zero-order chi connectivity index (χ0) is 13.0. The van der Waals surface area contributed by atoms with Crippen molar-refractivity contribution in [3.63, 3.8) is 0 Å². The fraction of sp³-hybridized carbons (Fsp3) is 0.538. The predicted molar refractivity (Wildman–Crippen MR) is 86.1 cm³/mol. The number of aliphatic hydroxyl groups is 1. The Morgan fingerprint density at radius 1 is 1.22 bits per heavy atom. The number of hydrogen-bond donors (Lipinski definition) is 2. The Labute approximate surface area is 132 Å². The third-order valence-corrected chi connectivity index (χ3v) is 3.99. The van der Waals surface area contributed by atoms with Gasteiger partial charge in [0.2, 0.25) is 0 Å². The summed E-state index contributed by atoms with van der Waals surface area (Å²) in [6, 6.07) is 5.49.